The Labute approximate surface area is 88.0 Å². The van der Waals surface area contributed by atoms with Gasteiger partial charge < -0.3 is 0 Å². The zero-order valence-electron chi connectivity index (χ0n) is 8.65. The fourth-order valence-corrected chi connectivity index (χ4v) is 1.64. The highest BCUT2D eigenvalue weighted by molar-refractivity contribution is 6.22. The Morgan fingerprint density at radius 3 is 2.00 bits per heavy atom. The predicted molar refractivity (Wildman–Crippen MR) is 56.4 cm³/mol. The molecule has 1 aliphatic rings. The summed E-state index contributed by atoms with van der Waals surface area (Å²) >= 11 is 0. The number of nitrogens with zero attached hydrogens (tertiary/aromatic N) is 1. The second-order valence-corrected chi connectivity index (χ2v) is 3.42. The van der Waals surface area contributed by atoms with Gasteiger partial charge in [0.15, 0.2) is 0 Å². The molecule has 3 heteroatoms. The molecule has 15 heavy (non-hydrogen) atoms. The third-order valence-electron chi connectivity index (χ3n) is 2.56. The summed E-state index contributed by atoms with van der Waals surface area (Å²) in [6.07, 6.45) is 1.75. The molecule has 0 fully saturated rings. The summed E-state index contributed by atoms with van der Waals surface area (Å²) in [6.45, 7) is 3.56. The molecule has 0 N–H and O–H groups in total. The molecule has 0 unspecified atom stereocenters. The molecule has 0 radical (unpaired) electrons. The molecule has 0 aliphatic carbocycles. The van der Waals surface area contributed by atoms with Crippen molar-refractivity contribution in [1.29, 1.82) is 0 Å². The van der Waals surface area contributed by atoms with E-state index < -0.39 is 0 Å². The van der Waals surface area contributed by atoms with Crippen LogP contribution in [-0.4, -0.2) is 16.7 Å². The van der Waals surface area contributed by atoms with Gasteiger partial charge in [0.2, 0.25) is 0 Å². The van der Waals surface area contributed by atoms with Crippen molar-refractivity contribution in [1.82, 2.24) is 4.90 Å². The number of amides is 2. The summed E-state index contributed by atoms with van der Waals surface area (Å²) in [4.78, 5) is 25.0. The third-order valence-corrected chi connectivity index (χ3v) is 2.56. The quantitative estimate of drug-likeness (QED) is 0.653. The van der Waals surface area contributed by atoms with Crippen LogP contribution in [0.2, 0.25) is 0 Å². The van der Waals surface area contributed by atoms with Crippen LogP contribution < -0.4 is 0 Å². The van der Waals surface area contributed by atoms with Crippen molar-refractivity contribution >= 4 is 11.8 Å². The first-order valence-electron chi connectivity index (χ1n) is 4.77. The minimum absolute atomic E-state index is 0.230. The van der Waals surface area contributed by atoms with Gasteiger partial charge in [-0.1, -0.05) is 18.2 Å². The second-order valence-electron chi connectivity index (χ2n) is 3.42. The van der Waals surface area contributed by atoms with E-state index >= 15 is 0 Å². The lowest BCUT2D eigenvalue weighted by molar-refractivity contribution is 0.0704. The van der Waals surface area contributed by atoms with E-state index in [0.717, 1.165) is 0 Å². The Morgan fingerprint density at radius 2 is 1.60 bits per heavy atom. The maximum Gasteiger partial charge on any atom is 0.265 e. The number of hydrogen-bond acceptors (Lipinski definition) is 2. The molecule has 0 atom stereocenters. The fraction of sp³-hybridized carbons (Fsp3) is 0.167. The molecule has 1 aromatic carbocycles. The molecule has 1 aromatic rings. The molecule has 0 aromatic heterocycles. The maximum atomic E-state index is 11.9. The van der Waals surface area contributed by atoms with Gasteiger partial charge in [0.25, 0.3) is 11.8 Å². The minimum Gasteiger partial charge on any atom is -0.268 e. The van der Waals surface area contributed by atoms with Gasteiger partial charge in [0.05, 0.1) is 11.1 Å². The van der Waals surface area contributed by atoms with Crippen molar-refractivity contribution < 1.29 is 9.59 Å². The van der Waals surface area contributed by atoms with E-state index in [1.165, 1.54) is 4.90 Å². The highest BCUT2D eigenvalue weighted by atomic mass is 16.2. The van der Waals surface area contributed by atoms with Gasteiger partial charge in [-0.2, -0.15) is 0 Å². The lowest BCUT2D eigenvalue weighted by atomic mass is 10.1. The summed E-state index contributed by atoms with van der Waals surface area (Å²) in [6, 6.07) is 6.88. The fourth-order valence-electron chi connectivity index (χ4n) is 1.64. The topological polar surface area (TPSA) is 37.4 Å². The van der Waals surface area contributed by atoms with Gasteiger partial charge in [-0.3, -0.25) is 9.59 Å². The Hall–Kier alpha value is -1.90. The van der Waals surface area contributed by atoms with Crippen molar-refractivity contribution in [3.63, 3.8) is 0 Å². The van der Waals surface area contributed by atoms with Crippen LogP contribution in [0.25, 0.3) is 0 Å². The summed E-state index contributed by atoms with van der Waals surface area (Å²) in [5.41, 5.74) is 1.65. The average Bonchev–Trinajstić information content (AvgIpc) is 2.52. The van der Waals surface area contributed by atoms with Crippen molar-refractivity contribution in [2.24, 2.45) is 0 Å². The molecule has 2 amide bonds. The van der Waals surface area contributed by atoms with Crippen LogP contribution in [0.15, 0.2) is 36.0 Å². The molecular weight excluding hydrogens is 190 g/mol. The predicted octanol–water partition coefficient (Wildman–Crippen LogP) is 2.21. The number of fused-ring (bicyclic) bond motifs is 1. The number of hydrogen-bond donors (Lipinski definition) is 0. The molecule has 76 valence electrons. The van der Waals surface area contributed by atoms with Crippen molar-refractivity contribution in [2.45, 2.75) is 13.8 Å². The summed E-state index contributed by atoms with van der Waals surface area (Å²) in [7, 11) is 0. The van der Waals surface area contributed by atoms with Crippen LogP contribution in [0, 0.1) is 0 Å². The number of imide groups is 1. The van der Waals surface area contributed by atoms with Gasteiger partial charge >= 0.3 is 0 Å². The summed E-state index contributed by atoms with van der Waals surface area (Å²) in [5, 5.41) is 0. The molecule has 0 saturated heterocycles. The zero-order valence-corrected chi connectivity index (χ0v) is 8.65. The summed E-state index contributed by atoms with van der Waals surface area (Å²) < 4.78 is 0. The van der Waals surface area contributed by atoms with Gasteiger partial charge in [0.1, 0.15) is 0 Å². The molecular formula is C12H11NO2. The smallest absolute Gasteiger partial charge is 0.265 e. The van der Waals surface area contributed by atoms with Crippen molar-refractivity contribution in [2.75, 3.05) is 0 Å². The summed E-state index contributed by atoms with van der Waals surface area (Å²) in [5.74, 6) is -0.461. The largest absolute Gasteiger partial charge is 0.268 e. The Morgan fingerprint density at radius 1 is 1.13 bits per heavy atom. The van der Waals surface area contributed by atoms with Crippen LogP contribution in [-0.2, 0) is 0 Å². The lowest BCUT2D eigenvalue weighted by Gasteiger charge is -2.13. The number of allylic oxidation sites excluding steroid dienone is 2. The number of benzene rings is 1. The highest BCUT2D eigenvalue weighted by Gasteiger charge is 2.35. The van der Waals surface area contributed by atoms with Gasteiger partial charge in [-0.25, -0.2) is 4.90 Å². The molecule has 0 saturated carbocycles. The molecule has 1 heterocycles. The Kier molecular flexibility index (Phi) is 2.15. The van der Waals surface area contributed by atoms with Gasteiger partial charge in [-0.05, 0) is 26.0 Å². The second kappa shape index (κ2) is 3.35. The zero-order chi connectivity index (χ0) is 11.0. The number of carbonyl (C=O) groups is 2. The van der Waals surface area contributed by atoms with E-state index in [9.17, 15) is 9.59 Å². The Balaban J connectivity index is 2.55. The van der Waals surface area contributed by atoms with Crippen LogP contribution >= 0.6 is 0 Å². The van der Waals surface area contributed by atoms with E-state index in [0.29, 0.717) is 16.8 Å². The monoisotopic (exact) mass is 201 g/mol. The van der Waals surface area contributed by atoms with Crippen molar-refractivity contribution in [3.05, 3.63) is 47.2 Å². The standard InChI is InChI=1S/C12H11NO2/c1-3-8(2)13-11(14)9-6-4-5-7-10(9)12(13)15/h3-7H,1-2H3/b8-3+. The highest BCUT2D eigenvalue weighted by Crippen LogP contribution is 2.25. The van der Waals surface area contributed by atoms with Crippen LogP contribution in [0.5, 0.6) is 0 Å². The van der Waals surface area contributed by atoms with Gasteiger partial charge in [-0.15, -0.1) is 0 Å². The first-order valence-corrected chi connectivity index (χ1v) is 4.77. The average molecular weight is 201 g/mol. The number of rotatable bonds is 1. The van der Waals surface area contributed by atoms with Crippen LogP contribution in [0.4, 0.5) is 0 Å². The van der Waals surface area contributed by atoms with Crippen LogP contribution in [0.1, 0.15) is 34.6 Å². The molecule has 0 spiro atoms. The van der Waals surface area contributed by atoms with Crippen LogP contribution in [0.3, 0.4) is 0 Å². The Bertz CT molecular complexity index is 439. The third kappa shape index (κ3) is 1.28. The SMILES string of the molecule is C/C=C(\C)N1C(=O)c2ccccc2C1=O. The number of carbonyl (C=O) groups excluding carboxylic acids is 2. The first kappa shape index (κ1) is 9.65. The van der Waals surface area contributed by atoms with E-state index in [4.69, 9.17) is 0 Å². The lowest BCUT2D eigenvalue weighted by Crippen LogP contribution is -2.27. The van der Waals surface area contributed by atoms with E-state index in [1.807, 2.05) is 0 Å². The van der Waals surface area contributed by atoms with E-state index in [-0.39, 0.29) is 11.8 Å². The van der Waals surface area contributed by atoms with E-state index in [2.05, 4.69) is 0 Å². The molecule has 2 rings (SSSR count). The van der Waals surface area contributed by atoms with Gasteiger partial charge in [0, 0.05) is 5.70 Å². The normalized spacial score (nSPS) is 15.9. The molecule has 0 bridgehead atoms. The van der Waals surface area contributed by atoms with E-state index in [1.54, 1.807) is 44.2 Å². The first-order chi connectivity index (χ1) is 7.16. The molecule has 3 nitrogen and oxygen atoms in total. The minimum atomic E-state index is -0.230. The molecule has 1 aliphatic heterocycles. The van der Waals surface area contributed by atoms with Crippen molar-refractivity contribution in [3.8, 4) is 0 Å². The maximum absolute atomic E-state index is 11.9.